The molecule has 3 amide bonds. The number of nitrogens with zero attached hydrogens (tertiary/aromatic N) is 2. The molecular weight excluding hydrogens is 430 g/mol. The third-order valence-corrected chi connectivity index (χ3v) is 6.31. The van der Waals surface area contributed by atoms with Gasteiger partial charge in [0.1, 0.15) is 10.9 Å². The Labute approximate surface area is 181 Å². The minimum atomic E-state index is -0.401. The minimum Gasteiger partial charge on any atom is -0.324 e. The summed E-state index contributed by atoms with van der Waals surface area (Å²) < 4.78 is 0.389. The van der Waals surface area contributed by atoms with Crippen LogP contribution in [0.1, 0.15) is 5.56 Å². The van der Waals surface area contributed by atoms with Crippen molar-refractivity contribution in [2.75, 3.05) is 23.8 Å². The molecule has 1 fully saturated rings. The molecule has 4 rings (SSSR count). The topological polar surface area (TPSA) is 69.7 Å². The maximum Gasteiger partial charge on any atom is 0.266 e. The number of rotatable bonds is 3. The molecule has 29 heavy (non-hydrogen) atoms. The zero-order valence-corrected chi connectivity index (χ0v) is 17.5. The second-order valence-corrected chi connectivity index (χ2v) is 8.48. The molecule has 2 aliphatic rings. The van der Waals surface area contributed by atoms with Crippen molar-refractivity contribution in [3.8, 4) is 0 Å². The summed E-state index contributed by atoms with van der Waals surface area (Å²) in [7, 11) is 1.58. The van der Waals surface area contributed by atoms with E-state index in [4.69, 9.17) is 23.8 Å². The van der Waals surface area contributed by atoms with Crippen LogP contribution < -0.4 is 10.2 Å². The molecule has 6 nitrogen and oxygen atoms in total. The molecule has 0 atom stereocenters. The Balaban J connectivity index is 1.66. The van der Waals surface area contributed by atoms with Crippen LogP contribution in [0.4, 0.5) is 11.4 Å². The number of thioether (sulfide) groups is 1. The minimum absolute atomic E-state index is 0.196. The van der Waals surface area contributed by atoms with Crippen molar-refractivity contribution in [1.82, 2.24) is 4.90 Å². The van der Waals surface area contributed by atoms with Crippen molar-refractivity contribution in [3.05, 3.63) is 64.0 Å². The third kappa shape index (κ3) is 3.55. The highest BCUT2D eigenvalue weighted by molar-refractivity contribution is 8.26. The number of carbonyl (C=O) groups is 3. The van der Waals surface area contributed by atoms with Crippen LogP contribution in [-0.2, 0) is 14.4 Å². The number of nitrogens with one attached hydrogen (secondary N) is 1. The summed E-state index contributed by atoms with van der Waals surface area (Å²) in [4.78, 5) is 41.3. The Morgan fingerprint density at radius 2 is 1.90 bits per heavy atom. The van der Waals surface area contributed by atoms with Crippen LogP contribution in [0.15, 0.2) is 53.4 Å². The summed E-state index contributed by atoms with van der Waals surface area (Å²) in [6.07, 6.45) is 0. The molecular formula is C20H14ClN3O3S2. The Morgan fingerprint density at radius 1 is 1.14 bits per heavy atom. The van der Waals surface area contributed by atoms with Gasteiger partial charge in [-0.15, -0.1) is 0 Å². The molecule has 0 spiro atoms. The van der Waals surface area contributed by atoms with E-state index in [2.05, 4.69) is 5.32 Å². The van der Waals surface area contributed by atoms with Gasteiger partial charge in [-0.3, -0.25) is 24.2 Å². The molecule has 0 saturated carbocycles. The van der Waals surface area contributed by atoms with Crippen molar-refractivity contribution in [1.29, 1.82) is 0 Å². The van der Waals surface area contributed by atoms with E-state index in [-0.39, 0.29) is 28.8 Å². The zero-order chi connectivity index (χ0) is 20.7. The fraction of sp³-hybridized carbons (Fsp3) is 0.100. The Hall–Kier alpha value is -2.68. The van der Waals surface area contributed by atoms with E-state index in [1.165, 1.54) is 9.80 Å². The first-order valence-corrected chi connectivity index (χ1v) is 10.2. The van der Waals surface area contributed by atoms with Gasteiger partial charge < -0.3 is 5.32 Å². The average Bonchev–Trinajstić information content (AvgIpc) is 3.10. The largest absolute Gasteiger partial charge is 0.324 e. The van der Waals surface area contributed by atoms with Crippen LogP contribution in [0.2, 0.25) is 5.02 Å². The van der Waals surface area contributed by atoms with E-state index in [1.807, 2.05) is 0 Å². The number of carbonyl (C=O) groups excluding carboxylic acids is 3. The number of hydrogen-bond acceptors (Lipinski definition) is 5. The highest BCUT2D eigenvalue weighted by Crippen LogP contribution is 2.44. The van der Waals surface area contributed by atoms with Crippen molar-refractivity contribution < 1.29 is 14.4 Å². The summed E-state index contributed by atoms with van der Waals surface area (Å²) in [6.45, 7) is -0.196. The lowest BCUT2D eigenvalue weighted by atomic mass is 10.1. The van der Waals surface area contributed by atoms with Gasteiger partial charge in [-0.25, -0.2) is 0 Å². The van der Waals surface area contributed by atoms with Crippen LogP contribution in [0, 0.1) is 0 Å². The average molecular weight is 444 g/mol. The first kappa shape index (κ1) is 19.6. The summed E-state index contributed by atoms with van der Waals surface area (Å²) in [5.41, 5.74) is 2.00. The lowest BCUT2D eigenvalue weighted by molar-refractivity contribution is -0.121. The fourth-order valence-electron chi connectivity index (χ4n) is 3.16. The van der Waals surface area contributed by atoms with E-state index in [0.29, 0.717) is 26.3 Å². The summed E-state index contributed by atoms with van der Waals surface area (Å²) in [5.74, 6) is -1.09. The maximum absolute atomic E-state index is 13.2. The predicted molar refractivity (Wildman–Crippen MR) is 119 cm³/mol. The molecule has 9 heteroatoms. The van der Waals surface area contributed by atoms with Crippen molar-refractivity contribution in [2.24, 2.45) is 0 Å². The van der Waals surface area contributed by atoms with Crippen LogP contribution in [-0.4, -0.2) is 40.5 Å². The highest BCUT2D eigenvalue weighted by Gasteiger charge is 2.41. The lowest BCUT2D eigenvalue weighted by Gasteiger charge is -2.16. The molecule has 0 aromatic heterocycles. The van der Waals surface area contributed by atoms with Crippen LogP contribution in [0.3, 0.4) is 0 Å². The number of fused-ring (bicyclic) bond motifs is 1. The van der Waals surface area contributed by atoms with E-state index in [0.717, 1.165) is 11.8 Å². The number of amides is 3. The van der Waals surface area contributed by atoms with Gasteiger partial charge in [0.05, 0.1) is 16.2 Å². The van der Waals surface area contributed by atoms with Gasteiger partial charge in [0.25, 0.3) is 11.8 Å². The van der Waals surface area contributed by atoms with Crippen molar-refractivity contribution >= 4 is 74.6 Å². The Bertz CT molecular complexity index is 1120. The van der Waals surface area contributed by atoms with Gasteiger partial charge in [0.2, 0.25) is 5.91 Å². The number of anilines is 2. The number of benzene rings is 2. The van der Waals surface area contributed by atoms with Crippen LogP contribution in [0.5, 0.6) is 0 Å². The number of para-hydroxylation sites is 1. The molecule has 0 radical (unpaired) electrons. The molecule has 2 aromatic rings. The molecule has 2 aromatic carbocycles. The molecule has 2 heterocycles. The fourth-order valence-corrected chi connectivity index (χ4v) is 4.60. The van der Waals surface area contributed by atoms with Gasteiger partial charge >= 0.3 is 0 Å². The molecule has 1 saturated heterocycles. The zero-order valence-electron chi connectivity index (χ0n) is 15.1. The molecule has 0 bridgehead atoms. The lowest BCUT2D eigenvalue weighted by Crippen LogP contribution is -2.35. The monoisotopic (exact) mass is 443 g/mol. The summed E-state index contributed by atoms with van der Waals surface area (Å²) in [5, 5.41) is 3.23. The SMILES string of the molecule is CN1C(=O)/C(=C2\C(=O)N(CC(=O)Nc3cccc(Cl)c3)c3ccccc32)SC1=S. The van der Waals surface area contributed by atoms with E-state index in [1.54, 1.807) is 55.6 Å². The van der Waals surface area contributed by atoms with Gasteiger partial charge in [-0.2, -0.15) is 0 Å². The third-order valence-electron chi connectivity index (χ3n) is 4.52. The molecule has 2 aliphatic heterocycles. The Kier molecular flexibility index (Phi) is 5.16. The van der Waals surface area contributed by atoms with Gasteiger partial charge in [0.15, 0.2) is 0 Å². The van der Waals surface area contributed by atoms with Gasteiger partial charge in [-0.05, 0) is 24.3 Å². The van der Waals surface area contributed by atoms with Crippen molar-refractivity contribution in [2.45, 2.75) is 0 Å². The van der Waals surface area contributed by atoms with Gasteiger partial charge in [-0.1, -0.05) is 59.8 Å². The Morgan fingerprint density at radius 3 is 2.59 bits per heavy atom. The molecule has 0 unspecified atom stereocenters. The van der Waals surface area contributed by atoms with E-state index in [9.17, 15) is 14.4 Å². The number of thiocarbonyl (C=S) groups is 1. The van der Waals surface area contributed by atoms with Crippen molar-refractivity contribution in [3.63, 3.8) is 0 Å². The number of hydrogen-bond donors (Lipinski definition) is 1. The number of halogens is 1. The second-order valence-electron chi connectivity index (χ2n) is 6.40. The first-order valence-electron chi connectivity index (χ1n) is 8.57. The standard InChI is InChI=1S/C20H14ClN3O3S2/c1-23-19(27)17(29-20(23)28)16-13-7-2-3-8-14(13)24(18(16)26)10-15(25)22-12-6-4-5-11(21)9-12/h2-9H,10H2,1H3,(H,22,25)/b17-16+. The first-order chi connectivity index (χ1) is 13.9. The smallest absolute Gasteiger partial charge is 0.266 e. The summed E-state index contributed by atoms with van der Waals surface area (Å²) in [6, 6.07) is 13.8. The predicted octanol–water partition coefficient (Wildman–Crippen LogP) is 3.53. The molecule has 146 valence electrons. The highest BCUT2D eigenvalue weighted by atomic mass is 35.5. The maximum atomic E-state index is 13.2. The van der Waals surface area contributed by atoms with Crippen LogP contribution in [0.25, 0.3) is 5.57 Å². The van der Waals surface area contributed by atoms with E-state index >= 15 is 0 Å². The summed E-state index contributed by atoms with van der Waals surface area (Å²) >= 11 is 12.2. The van der Waals surface area contributed by atoms with Gasteiger partial charge in [0, 0.05) is 23.3 Å². The number of likely N-dealkylation sites (N-methyl/N-ethyl adjacent to an activating group) is 1. The van der Waals surface area contributed by atoms with Crippen LogP contribution >= 0.6 is 35.6 Å². The normalized spacial score (nSPS) is 18.5. The molecule has 0 aliphatic carbocycles. The quantitative estimate of drug-likeness (QED) is 0.580. The molecule has 1 N–H and O–H groups in total. The van der Waals surface area contributed by atoms with E-state index < -0.39 is 5.91 Å². The second kappa shape index (κ2) is 7.62.